The number of fused-ring (bicyclic) bond motifs is 1. The maximum absolute atomic E-state index is 14.2. The number of aromatic nitrogens is 1. The molecule has 1 unspecified atom stereocenters. The number of hydrogen-bond acceptors (Lipinski definition) is 3. The SMILES string of the molecule is CC1CN(C(=O)C(=O)c2c[nH]c3cccc(F)c23)CCN1C(=O)c1ccccc1. The molecule has 148 valence electrons. The molecule has 0 aliphatic carbocycles. The fourth-order valence-corrected chi connectivity index (χ4v) is 3.77. The number of benzene rings is 2. The van der Waals surface area contributed by atoms with Crippen molar-refractivity contribution in [1.29, 1.82) is 0 Å². The van der Waals surface area contributed by atoms with Crippen molar-refractivity contribution in [2.45, 2.75) is 13.0 Å². The third-order valence-corrected chi connectivity index (χ3v) is 5.29. The van der Waals surface area contributed by atoms with Crippen LogP contribution in [0.2, 0.25) is 0 Å². The third kappa shape index (κ3) is 3.40. The van der Waals surface area contributed by atoms with Gasteiger partial charge < -0.3 is 14.8 Å². The molecule has 2 heterocycles. The number of H-pyrrole nitrogens is 1. The van der Waals surface area contributed by atoms with Crippen LogP contribution < -0.4 is 0 Å². The minimum atomic E-state index is -0.753. The summed E-state index contributed by atoms with van der Waals surface area (Å²) in [6.07, 6.45) is 1.37. The van der Waals surface area contributed by atoms with Gasteiger partial charge in [0.2, 0.25) is 0 Å². The van der Waals surface area contributed by atoms with E-state index in [9.17, 15) is 18.8 Å². The highest BCUT2D eigenvalue weighted by molar-refractivity contribution is 6.44. The van der Waals surface area contributed by atoms with Crippen molar-refractivity contribution in [3.63, 3.8) is 0 Å². The van der Waals surface area contributed by atoms with E-state index in [1.165, 1.54) is 23.2 Å². The molecular weight excluding hydrogens is 373 g/mol. The Labute approximate surface area is 166 Å². The summed E-state index contributed by atoms with van der Waals surface area (Å²) in [6, 6.07) is 13.2. The number of nitrogens with one attached hydrogen (secondary N) is 1. The highest BCUT2D eigenvalue weighted by Crippen LogP contribution is 2.23. The fourth-order valence-electron chi connectivity index (χ4n) is 3.77. The lowest BCUT2D eigenvalue weighted by Crippen LogP contribution is -2.56. The molecular formula is C22H20FN3O3. The van der Waals surface area contributed by atoms with Gasteiger partial charge in [-0.25, -0.2) is 4.39 Å². The molecule has 4 rings (SSSR count). The number of aromatic amines is 1. The molecule has 1 saturated heterocycles. The number of amides is 2. The molecule has 0 bridgehead atoms. The lowest BCUT2D eigenvalue weighted by atomic mass is 10.1. The van der Waals surface area contributed by atoms with Crippen LogP contribution in [-0.2, 0) is 4.79 Å². The van der Waals surface area contributed by atoms with Crippen LogP contribution in [0, 0.1) is 5.82 Å². The number of carbonyl (C=O) groups is 3. The average molecular weight is 393 g/mol. The van der Waals surface area contributed by atoms with E-state index in [1.807, 2.05) is 13.0 Å². The molecule has 2 amide bonds. The van der Waals surface area contributed by atoms with Crippen LogP contribution >= 0.6 is 0 Å². The van der Waals surface area contributed by atoms with E-state index < -0.39 is 17.5 Å². The minimum Gasteiger partial charge on any atom is -0.360 e. The summed E-state index contributed by atoms with van der Waals surface area (Å²) >= 11 is 0. The first kappa shape index (κ1) is 18.9. The van der Waals surface area contributed by atoms with Gasteiger partial charge in [-0.1, -0.05) is 24.3 Å². The molecule has 3 aromatic rings. The van der Waals surface area contributed by atoms with E-state index in [-0.39, 0.29) is 36.0 Å². The van der Waals surface area contributed by atoms with Crippen LogP contribution in [0.1, 0.15) is 27.6 Å². The van der Waals surface area contributed by atoms with E-state index in [4.69, 9.17) is 0 Å². The van der Waals surface area contributed by atoms with E-state index in [1.54, 1.807) is 35.2 Å². The molecule has 0 spiro atoms. The van der Waals surface area contributed by atoms with E-state index in [0.717, 1.165) is 0 Å². The molecule has 29 heavy (non-hydrogen) atoms. The van der Waals surface area contributed by atoms with Crippen molar-refractivity contribution < 1.29 is 18.8 Å². The second-order valence-electron chi connectivity index (χ2n) is 7.16. The zero-order valence-corrected chi connectivity index (χ0v) is 15.9. The van der Waals surface area contributed by atoms with Gasteiger partial charge >= 0.3 is 0 Å². The van der Waals surface area contributed by atoms with E-state index in [0.29, 0.717) is 17.6 Å². The first-order valence-corrected chi connectivity index (χ1v) is 9.42. The maximum Gasteiger partial charge on any atom is 0.295 e. The topological polar surface area (TPSA) is 73.5 Å². The summed E-state index contributed by atoms with van der Waals surface area (Å²) in [5.41, 5.74) is 1.08. The van der Waals surface area contributed by atoms with Gasteiger partial charge in [0, 0.05) is 48.3 Å². The van der Waals surface area contributed by atoms with Crippen LogP contribution in [0.15, 0.2) is 54.7 Å². The number of nitrogens with zero attached hydrogens (tertiary/aromatic N) is 2. The Morgan fingerprint density at radius 1 is 1.03 bits per heavy atom. The van der Waals surface area contributed by atoms with Crippen molar-refractivity contribution in [3.8, 4) is 0 Å². The first-order valence-electron chi connectivity index (χ1n) is 9.42. The van der Waals surface area contributed by atoms with Crippen molar-refractivity contribution in [1.82, 2.24) is 14.8 Å². The molecule has 1 N–H and O–H groups in total. The molecule has 1 atom stereocenters. The zero-order chi connectivity index (χ0) is 20.5. The molecule has 1 aliphatic rings. The standard InChI is InChI=1S/C22H20FN3O3/c1-14-13-25(10-11-26(14)21(28)15-6-3-2-4-7-15)22(29)20(27)16-12-24-18-9-5-8-17(23)19(16)18/h2-9,12,14,24H,10-11,13H2,1H3. The van der Waals surface area contributed by atoms with Crippen LogP contribution in [0.5, 0.6) is 0 Å². The number of Topliss-reactive ketones (excluding diaryl/α,β-unsaturated/α-hetero) is 1. The summed E-state index contributed by atoms with van der Waals surface area (Å²) in [6.45, 7) is 2.67. The Morgan fingerprint density at radius 2 is 1.79 bits per heavy atom. The zero-order valence-electron chi connectivity index (χ0n) is 15.9. The summed E-state index contributed by atoms with van der Waals surface area (Å²) < 4.78 is 14.2. The number of rotatable bonds is 3. The largest absolute Gasteiger partial charge is 0.360 e. The van der Waals surface area contributed by atoms with Gasteiger partial charge in [0.1, 0.15) is 5.82 Å². The smallest absolute Gasteiger partial charge is 0.295 e. The lowest BCUT2D eigenvalue weighted by Gasteiger charge is -2.39. The Kier molecular flexibility index (Phi) is 4.88. The normalized spacial score (nSPS) is 16.8. The highest BCUT2D eigenvalue weighted by atomic mass is 19.1. The summed E-state index contributed by atoms with van der Waals surface area (Å²) in [5, 5.41) is 0.122. The number of halogens is 1. The first-order chi connectivity index (χ1) is 14.0. The summed E-state index contributed by atoms with van der Waals surface area (Å²) in [7, 11) is 0. The lowest BCUT2D eigenvalue weighted by molar-refractivity contribution is -0.128. The number of hydrogen-bond donors (Lipinski definition) is 1. The molecule has 0 saturated carbocycles. The third-order valence-electron chi connectivity index (χ3n) is 5.29. The Morgan fingerprint density at radius 3 is 2.52 bits per heavy atom. The second kappa shape index (κ2) is 7.50. The van der Waals surface area contributed by atoms with Crippen LogP contribution in [-0.4, -0.2) is 58.1 Å². The molecule has 0 radical (unpaired) electrons. The average Bonchev–Trinajstić information content (AvgIpc) is 3.18. The maximum atomic E-state index is 14.2. The van der Waals surface area contributed by atoms with Gasteiger partial charge in [0.25, 0.3) is 17.6 Å². The van der Waals surface area contributed by atoms with Gasteiger partial charge in [0.15, 0.2) is 0 Å². The summed E-state index contributed by atoms with van der Waals surface area (Å²) in [5.74, 6) is -2.09. The summed E-state index contributed by atoms with van der Waals surface area (Å²) in [4.78, 5) is 44.2. The fraction of sp³-hybridized carbons (Fsp3) is 0.227. The minimum absolute atomic E-state index is 0.0264. The van der Waals surface area contributed by atoms with Crippen molar-refractivity contribution in [2.24, 2.45) is 0 Å². The number of carbonyl (C=O) groups excluding carboxylic acids is 3. The molecule has 1 aliphatic heterocycles. The number of ketones is 1. The molecule has 1 aromatic heterocycles. The van der Waals surface area contributed by atoms with Crippen LogP contribution in [0.25, 0.3) is 10.9 Å². The van der Waals surface area contributed by atoms with Gasteiger partial charge in [-0.05, 0) is 31.2 Å². The van der Waals surface area contributed by atoms with Crippen molar-refractivity contribution >= 4 is 28.5 Å². The van der Waals surface area contributed by atoms with E-state index >= 15 is 0 Å². The van der Waals surface area contributed by atoms with Crippen molar-refractivity contribution in [2.75, 3.05) is 19.6 Å². The predicted octanol–water partition coefficient (Wildman–Crippen LogP) is 2.86. The molecule has 2 aromatic carbocycles. The molecule has 1 fully saturated rings. The van der Waals surface area contributed by atoms with E-state index in [2.05, 4.69) is 4.98 Å². The van der Waals surface area contributed by atoms with Gasteiger partial charge in [-0.2, -0.15) is 0 Å². The van der Waals surface area contributed by atoms with Gasteiger partial charge in [0.05, 0.1) is 5.56 Å². The quantitative estimate of drug-likeness (QED) is 0.549. The Bertz CT molecular complexity index is 1090. The van der Waals surface area contributed by atoms with Gasteiger partial charge in [-0.15, -0.1) is 0 Å². The Hall–Kier alpha value is -3.48. The monoisotopic (exact) mass is 393 g/mol. The van der Waals surface area contributed by atoms with Crippen LogP contribution in [0.3, 0.4) is 0 Å². The number of piperazine rings is 1. The molecule has 7 heteroatoms. The second-order valence-corrected chi connectivity index (χ2v) is 7.16. The van der Waals surface area contributed by atoms with Crippen LogP contribution in [0.4, 0.5) is 4.39 Å². The van der Waals surface area contributed by atoms with Crippen molar-refractivity contribution in [3.05, 3.63) is 71.7 Å². The molecule has 6 nitrogen and oxygen atoms in total. The highest BCUT2D eigenvalue weighted by Gasteiger charge is 2.33. The Balaban J connectivity index is 1.49. The predicted molar refractivity (Wildman–Crippen MR) is 106 cm³/mol. The van der Waals surface area contributed by atoms with Gasteiger partial charge in [-0.3, -0.25) is 14.4 Å².